The van der Waals surface area contributed by atoms with Gasteiger partial charge in [-0.1, -0.05) is 29.8 Å². The molecular weight excluding hydrogens is 384 g/mol. The molecule has 10 heteroatoms. The van der Waals surface area contributed by atoms with Gasteiger partial charge in [0.15, 0.2) is 0 Å². The molecule has 0 unspecified atom stereocenters. The maximum atomic E-state index is 12.8. The molecule has 0 aromatic heterocycles. The summed E-state index contributed by atoms with van der Waals surface area (Å²) >= 11 is 0. The van der Waals surface area contributed by atoms with E-state index >= 15 is 0 Å². The van der Waals surface area contributed by atoms with Crippen molar-refractivity contribution in [1.29, 1.82) is 0 Å². The Morgan fingerprint density at radius 1 is 0.885 bits per heavy atom. The molecule has 26 heavy (non-hydrogen) atoms. The van der Waals surface area contributed by atoms with Gasteiger partial charge in [0, 0.05) is 5.69 Å². The highest BCUT2D eigenvalue weighted by Crippen LogP contribution is 2.37. The molecule has 2 aromatic rings. The van der Waals surface area contributed by atoms with E-state index in [2.05, 4.69) is 0 Å². The summed E-state index contributed by atoms with van der Waals surface area (Å²) in [5, 5.41) is 0. The number of rotatable bonds is 4. The molecule has 0 aliphatic carbocycles. The summed E-state index contributed by atoms with van der Waals surface area (Å²) in [5.41, 5.74) is -2.89. The fourth-order valence-corrected chi connectivity index (χ4v) is 3.42. The molecule has 0 spiro atoms. The average molecular weight is 397 g/mol. The molecule has 0 saturated carbocycles. The zero-order chi connectivity index (χ0) is 19.8. The number of anilines is 1. The second-order valence-electron chi connectivity index (χ2n) is 5.64. The van der Waals surface area contributed by atoms with E-state index < -0.39 is 44.9 Å². The number of nitrogens with one attached hydrogen (secondary N) is 1. The van der Waals surface area contributed by atoms with Crippen LogP contribution in [-0.2, 0) is 28.1 Å². The van der Waals surface area contributed by atoms with Crippen LogP contribution < -0.4 is 4.72 Å². The number of hydrogen-bond donors (Lipinski definition) is 1. The molecule has 0 radical (unpaired) electrons. The lowest BCUT2D eigenvalue weighted by Gasteiger charge is -2.15. The minimum atomic E-state index is -5.06. The molecule has 3 nitrogen and oxygen atoms in total. The Hall–Kier alpha value is -2.23. The van der Waals surface area contributed by atoms with Gasteiger partial charge in [-0.15, -0.1) is 0 Å². The lowest BCUT2D eigenvalue weighted by atomic mass is 10.1. The first-order valence-electron chi connectivity index (χ1n) is 7.12. The number of alkyl halides is 6. The molecule has 2 rings (SSSR count). The Morgan fingerprint density at radius 2 is 1.42 bits per heavy atom. The number of halogens is 6. The van der Waals surface area contributed by atoms with E-state index in [9.17, 15) is 34.8 Å². The summed E-state index contributed by atoms with van der Waals surface area (Å²) in [7, 11) is -4.21. The molecule has 0 saturated heterocycles. The SMILES string of the molecule is Cc1cccc(CS(=O)(=O)Nc2cc(C(F)(F)F)cc(C(F)(F)F)c2)c1. The second-order valence-corrected chi connectivity index (χ2v) is 7.37. The lowest BCUT2D eigenvalue weighted by Crippen LogP contribution is -2.17. The van der Waals surface area contributed by atoms with Gasteiger partial charge in [-0.05, 0) is 30.7 Å². The molecule has 0 bridgehead atoms. The van der Waals surface area contributed by atoms with Crippen LogP contribution in [0.15, 0.2) is 42.5 Å². The summed E-state index contributed by atoms with van der Waals surface area (Å²) in [4.78, 5) is 0. The fraction of sp³-hybridized carbons (Fsp3) is 0.250. The highest BCUT2D eigenvalue weighted by Gasteiger charge is 2.37. The van der Waals surface area contributed by atoms with Gasteiger partial charge in [-0.25, -0.2) is 8.42 Å². The number of hydrogen-bond acceptors (Lipinski definition) is 2. The van der Waals surface area contributed by atoms with Crippen LogP contribution in [0.3, 0.4) is 0 Å². The highest BCUT2D eigenvalue weighted by atomic mass is 32.2. The Labute approximate surface area is 145 Å². The van der Waals surface area contributed by atoms with Crippen LogP contribution in [0.1, 0.15) is 22.3 Å². The van der Waals surface area contributed by atoms with E-state index in [0.717, 1.165) is 5.56 Å². The summed E-state index contributed by atoms with van der Waals surface area (Å²) in [5.74, 6) is -0.591. The van der Waals surface area contributed by atoms with Gasteiger partial charge < -0.3 is 0 Å². The Bertz CT molecular complexity index is 871. The monoisotopic (exact) mass is 397 g/mol. The van der Waals surface area contributed by atoms with Gasteiger partial charge in [-0.3, -0.25) is 4.72 Å². The largest absolute Gasteiger partial charge is 0.416 e. The molecule has 0 aliphatic heterocycles. The van der Waals surface area contributed by atoms with E-state index in [1.807, 2.05) is 0 Å². The maximum absolute atomic E-state index is 12.8. The molecule has 1 N–H and O–H groups in total. The first-order chi connectivity index (χ1) is 11.8. The minimum Gasteiger partial charge on any atom is -0.283 e. The Balaban J connectivity index is 2.38. The van der Waals surface area contributed by atoms with E-state index in [4.69, 9.17) is 0 Å². The molecule has 0 atom stereocenters. The van der Waals surface area contributed by atoms with Crippen LogP contribution in [0.5, 0.6) is 0 Å². The van der Waals surface area contributed by atoms with Gasteiger partial charge >= 0.3 is 12.4 Å². The highest BCUT2D eigenvalue weighted by molar-refractivity contribution is 7.91. The fourth-order valence-electron chi connectivity index (χ4n) is 2.25. The maximum Gasteiger partial charge on any atom is 0.416 e. The van der Waals surface area contributed by atoms with Crippen molar-refractivity contribution in [2.45, 2.75) is 25.0 Å². The van der Waals surface area contributed by atoms with Gasteiger partial charge in [0.25, 0.3) is 0 Å². The van der Waals surface area contributed by atoms with E-state index in [1.54, 1.807) is 29.8 Å². The zero-order valence-electron chi connectivity index (χ0n) is 13.2. The van der Waals surface area contributed by atoms with Gasteiger partial charge in [0.2, 0.25) is 10.0 Å². The van der Waals surface area contributed by atoms with Crippen molar-refractivity contribution < 1.29 is 34.8 Å². The van der Waals surface area contributed by atoms with E-state index in [0.29, 0.717) is 17.7 Å². The molecule has 0 amide bonds. The zero-order valence-corrected chi connectivity index (χ0v) is 14.1. The summed E-state index contributed by atoms with van der Waals surface area (Å²) in [6, 6.07) is 6.91. The van der Waals surface area contributed by atoms with Crippen LogP contribution in [0, 0.1) is 6.92 Å². The van der Waals surface area contributed by atoms with Crippen molar-refractivity contribution in [3.8, 4) is 0 Å². The Kier molecular flexibility index (Phi) is 5.27. The molecular formula is C16H13F6NO2S. The van der Waals surface area contributed by atoms with Gasteiger partial charge in [0.1, 0.15) is 0 Å². The molecule has 0 aliphatic rings. The smallest absolute Gasteiger partial charge is 0.283 e. The van der Waals surface area contributed by atoms with Gasteiger partial charge in [-0.2, -0.15) is 26.3 Å². The standard InChI is InChI=1S/C16H13F6NO2S/c1-10-3-2-4-11(5-10)9-26(24,25)23-14-7-12(15(17,18)19)6-13(8-14)16(20,21)22/h2-8,23H,9H2,1H3. The molecule has 0 heterocycles. The summed E-state index contributed by atoms with van der Waals surface area (Å²) < 4.78 is 103. The number of benzene rings is 2. The lowest BCUT2D eigenvalue weighted by molar-refractivity contribution is -0.143. The average Bonchev–Trinajstić information content (AvgIpc) is 2.43. The quantitative estimate of drug-likeness (QED) is 0.740. The van der Waals surface area contributed by atoms with Crippen molar-refractivity contribution in [1.82, 2.24) is 0 Å². The van der Waals surface area contributed by atoms with Crippen LogP contribution in [0.4, 0.5) is 32.0 Å². The van der Waals surface area contributed by atoms with Crippen molar-refractivity contribution >= 4 is 15.7 Å². The normalized spacial score (nSPS) is 12.9. The van der Waals surface area contributed by atoms with Crippen molar-refractivity contribution in [3.05, 3.63) is 64.7 Å². The van der Waals surface area contributed by atoms with Crippen molar-refractivity contribution in [2.75, 3.05) is 4.72 Å². The predicted octanol–water partition coefficient (Wildman–Crippen LogP) is 4.97. The third-order valence-corrected chi connectivity index (χ3v) is 4.56. The topological polar surface area (TPSA) is 46.2 Å². The first-order valence-corrected chi connectivity index (χ1v) is 8.77. The first kappa shape index (κ1) is 20.1. The second kappa shape index (κ2) is 6.82. The van der Waals surface area contributed by atoms with Crippen LogP contribution in [0.25, 0.3) is 0 Å². The van der Waals surface area contributed by atoms with E-state index in [1.165, 1.54) is 6.07 Å². The molecule has 0 fully saturated rings. The summed E-state index contributed by atoms with van der Waals surface area (Å²) in [6.07, 6.45) is -10.1. The number of aryl methyl sites for hydroxylation is 1. The Morgan fingerprint density at radius 3 is 1.88 bits per heavy atom. The van der Waals surface area contributed by atoms with E-state index in [-0.39, 0.29) is 6.07 Å². The van der Waals surface area contributed by atoms with Crippen molar-refractivity contribution in [3.63, 3.8) is 0 Å². The van der Waals surface area contributed by atoms with Crippen LogP contribution >= 0.6 is 0 Å². The van der Waals surface area contributed by atoms with Gasteiger partial charge in [0.05, 0.1) is 16.9 Å². The predicted molar refractivity (Wildman–Crippen MR) is 83.9 cm³/mol. The van der Waals surface area contributed by atoms with Crippen molar-refractivity contribution in [2.24, 2.45) is 0 Å². The third kappa shape index (κ3) is 5.38. The number of sulfonamides is 1. The molecule has 2 aromatic carbocycles. The summed E-state index contributed by atoms with van der Waals surface area (Å²) in [6.45, 7) is 1.71. The van der Waals surface area contributed by atoms with Crippen LogP contribution in [-0.4, -0.2) is 8.42 Å². The van der Waals surface area contributed by atoms with Crippen LogP contribution in [0.2, 0.25) is 0 Å². The third-order valence-electron chi connectivity index (χ3n) is 3.30. The minimum absolute atomic E-state index is 0.0711. The molecule has 142 valence electrons.